The van der Waals surface area contributed by atoms with Gasteiger partial charge in [0.1, 0.15) is 6.54 Å². The predicted molar refractivity (Wildman–Crippen MR) is 119 cm³/mol. The standard InChI is InChI=1S/C22H19ClN2O5S/c1-30-22(27)16-11-13-17(14-12-16)24-21(26)15-25(20-10-6-5-9-19(20)23)31(28,29)18-7-3-2-4-8-18/h2-14H,15H2,1H3,(H,24,26). The number of rotatable bonds is 7. The number of carbonyl (C=O) groups is 2. The Bertz CT molecular complexity index is 1180. The summed E-state index contributed by atoms with van der Waals surface area (Å²) in [5, 5.41) is 2.82. The largest absolute Gasteiger partial charge is 0.465 e. The highest BCUT2D eigenvalue weighted by molar-refractivity contribution is 7.92. The van der Waals surface area contributed by atoms with Gasteiger partial charge in [0.15, 0.2) is 0 Å². The number of anilines is 2. The van der Waals surface area contributed by atoms with E-state index in [1.165, 1.54) is 49.6 Å². The summed E-state index contributed by atoms with van der Waals surface area (Å²) in [4.78, 5) is 24.3. The lowest BCUT2D eigenvalue weighted by molar-refractivity contribution is -0.114. The van der Waals surface area contributed by atoms with E-state index in [0.29, 0.717) is 11.3 Å². The van der Waals surface area contributed by atoms with Crippen molar-refractivity contribution in [2.45, 2.75) is 4.90 Å². The smallest absolute Gasteiger partial charge is 0.337 e. The zero-order valence-corrected chi connectivity index (χ0v) is 18.1. The van der Waals surface area contributed by atoms with E-state index in [1.54, 1.807) is 36.4 Å². The molecule has 0 aliphatic heterocycles. The molecule has 3 rings (SSSR count). The van der Waals surface area contributed by atoms with Gasteiger partial charge in [-0.15, -0.1) is 0 Å². The first kappa shape index (κ1) is 22.3. The van der Waals surface area contributed by atoms with E-state index in [0.717, 1.165) is 4.31 Å². The van der Waals surface area contributed by atoms with Gasteiger partial charge in [-0.25, -0.2) is 13.2 Å². The number of nitrogens with zero attached hydrogens (tertiary/aromatic N) is 1. The number of sulfonamides is 1. The van der Waals surface area contributed by atoms with Crippen LogP contribution in [0, 0.1) is 0 Å². The Morgan fingerprint density at radius 1 is 0.935 bits per heavy atom. The summed E-state index contributed by atoms with van der Waals surface area (Å²) in [5.41, 5.74) is 0.905. The van der Waals surface area contributed by atoms with E-state index in [-0.39, 0.29) is 15.6 Å². The molecule has 3 aromatic carbocycles. The first-order chi connectivity index (χ1) is 14.8. The molecule has 0 aliphatic rings. The molecular formula is C22H19ClN2O5S. The molecule has 0 spiro atoms. The highest BCUT2D eigenvalue weighted by Gasteiger charge is 2.28. The number of amides is 1. The van der Waals surface area contributed by atoms with Crippen molar-refractivity contribution in [2.75, 3.05) is 23.3 Å². The monoisotopic (exact) mass is 458 g/mol. The van der Waals surface area contributed by atoms with E-state index >= 15 is 0 Å². The second kappa shape index (κ2) is 9.63. The molecule has 1 amide bonds. The van der Waals surface area contributed by atoms with Crippen LogP contribution in [0.15, 0.2) is 83.8 Å². The first-order valence-corrected chi connectivity index (χ1v) is 11.0. The van der Waals surface area contributed by atoms with Gasteiger partial charge in [0, 0.05) is 5.69 Å². The van der Waals surface area contributed by atoms with Crippen molar-refractivity contribution in [2.24, 2.45) is 0 Å². The molecule has 7 nitrogen and oxygen atoms in total. The third kappa shape index (κ3) is 5.22. The topological polar surface area (TPSA) is 92.8 Å². The Kier molecular flexibility index (Phi) is 6.94. The summed E-state index contributed by atoms with van der Waals surface area (Å²) < 4.78 is 32.1. The third-order valence-corrected chi connectivity index (χ3v) is 6.42. The van der Waals surface area contributed by atoms with Crippen LogP contribution in [-0.4, -0.2) is 33.9 Å². The molecule has 0 aromatic heterocycles. The molecule has 0 atom stereocenters. The Balaban J connectivity index is 1.88. The molecule has 0 fully saturated rings. The van der Waals surface area contributed by atoms with Gasteiger partial charge in [0.25, 0.3) is 10.0 Å². The van der Waals surface area contributed by atoms with Crippen LogP contribution in [0.25, 0.3) is 0 Å². The number of benzene rings is 3. The molecule has 0 aliphatic carbocycles. The van der Waals surface area contributed by atoms with Crippen LogP contribution < -0.4 is 9.62 Å². The number of esters is 1. The zero-order chi connectivity index (χ0) is 22.4. The number of methoxy groups -OCH3 is 1. The summed E-state index contributed by atoms with van der Waals surface area (Å²) >= 11 is 6.24. The Morgan fingerprint density at radius 3 is 2.16 bits per heavy atom. The molecule has 0 bridgehead atoms. The lowest BCUT2D eigenvalue weighted by Gasteiger charge is -2.25. The van der Waals surface area contributed by atoms with Crippen molar-refractivity contribution in [1.29, 1.82) is 0 Å². The average Bonchev–Trinajstić information content (AvgIpc) is 2.78. The summed E-state index contributed by atoms with van der Waals surface area (Å²) in [5.74, 6) is -1.08. The summed E-state index contributed by atoms with van der Waals surface area (Å²) in [7, 11) is -2.79. The van der Waals surface area contributed by atoms with Crippen LogP contribution in [0.1, 0.15) is 10.4 Å². The number of nitrogens with one attached hydrogen (secondary N) is 1. The lowest BCUT2D eigenvalue weighted by Crippen LogP contribution is -2.38. The highest BCUT2D eigenvalue weighted by atomic mass is 35.5. The predicted octanol–water partition coefficient (Wildman–Crippen LogP) is 3.96. The van der Waals surface area contributed by atoms with Gasteiger partial charge in [-0.3, -0.25) is 9.10 Å². The molecule has 0 heterocycles. The van der Waals surface area contributed by atoms with Gasteiger partial charge in [-0.1, -0.05) is 41.9 Å². The number of para-hydroxylation sites is 1. The van der Waals surface area contributed by atoms with Crippen LogP contribution in [0.3, 0.4) is 0 Å². The van der Waals surface area contributed by atoms with Crippen LogP contribution in [-0.2, 0) is 19.6 Å². The maximum atomic E-state index is 13.3. The SMILES string of the molecule is COC(=O)c1ccc(NC(=O)CN(c2ccccc2Cl)S(=O)(=O)c2ccccc2)cc1. The Morgan fingerprint density at radius 2 is 1.55 bits per heavy atom. The van der Waals surface area contributed by atoms with E-state index < -0.39 is 28.4 Å². The molecule has 31 heavy (non-hydrogen) atoms. The normalized spacial score (nSPS) is 10.9. The fourth-order valence-electron chi connectivity index (χ4n) is 2.81. The van der Waals surface area contributed by atoms with Gasteiger partial charge >= 0.3 is 5.97 Å². The van der Waals surface area contributed by atoms with E-state index in [4.69, 9.17) is 11.6 Å². The van der Waals surface area contributed by atoms with Crippen LogP contribution >= 0.6 is 11.6 Å². The first-order valence-electron chi connectivity index (χ1n) is 9.13. The van der Waals surface area contributed by atoms with Gasteiger partial charge < -0.3 is 10.1 Å². The maximum absolute atomic E-state index is 13.3. The molecular weight excluding hydrogens is 440 g/mol. The molecule has 160 valence electrons. The van der Waals surface area contributed by atoms with Crippen LogP contribution in [0.4, 0.5) is 11.4 Å². The van der Waals surface area contributed by atoms with Gasteiger partial charge in [-0.2, -0.15) is 0 Å². The number of hydrogen-bond acceptors (Lipinski definition) is 5. The van der Waals surface area contributed by atoms with Crippen molar-refractivity contribution in [1.82, 2.24) is 0 Å². The molecule has 1 N–H and O–H groups in total. The van der Waals surface area contributed by atoms with Gasteiger partial charge in [-0.05, 0) is 48.5 Å². The van der Waals surface area contributed by atoms with E-state index in [2.05, 4.69) is 10.1 Å². The second-order valence-corrected chi connectivity index (χ2v) is 8.66. The lowest BCUT2D eigenvalue weighted by atomic mass is 10.2. The van der Waals surface area contributed by atoms with Crippen LogP contribution in [0.5, 0.6) is 0 Å². The van der Waals surface area contributed by atoms with Crippen molar-refractivity contribution in [3.63, 3.8) is 0 Å². The van der Waals surface area contributed by atoms with E-state index in [1.807, 2.05) is 0 Å². The van der Waals surface area contributed by atoms with Crippen molar-refractivity contribution < 1.29 is 22.7 Å². The number of hydrogen-bond donors (Lipinski definition) is 1. The minimum atomic E-state index is -4.06. The fraction of sp³-hybridized carbons (Fsp3) is 0.0909. The van der Waals surface area contributed by atoms with Gasteiger partial charge in [0.05, 0.1) is 28.3 Å². The van der Waals surface area contributed by atoms with Crippen molar-refractivity contribution >= 4 is 44.9 Å². The zero-order valence-electron chi connectivity index (χ0n) is 16.5. The third-order valence-electron chi connectivity index (χ3n) is 4.33. The number of ether oxygens (including phenoxy) is 1. The molecule has 0 radical (unpaired) electrons. The molecule has 0 saturated carbocycles. The molecule has 9 heteroatoms. The number of halogens is 1. The molecule has 3 aromatic rings. The molecule has 0 saturated heterocycles. The van der Waals surface area contributed by atoms with Crippen LogP contribution in [0.2, 0.25) is 5.02 Å². The second-order valence-electron chi connectivity index (χ2n) is 6.39. The van der Waals surface area contributed by atoms with Crippen molar-refractivity contribution in [3.8, 4) is 0 Å². The summed E-state index contributed by atoms with van der Waals surface area (Å²) in [6.45, 7) is -0.500. The minimum absolute atomic E-state index is 0.0325. The average molecular weight is 459 g/mol. The van der Waals surface area contributed by atoms with E-state index in [9.17, 15) is 18.0 Å². The minimum Gasteiger partial charge on any atom is -0.465 e. The Labute approximate surface area is 185 Å². The van der Waals surface area contributed by atoms with Crippen molar-refractivity contribution in [3.05, 3.63) is 89.4 Å². The highest BCUT2D eigenvalue weighted by Crippen LogP contribution is 2.30. The quantitative estimate of drug-likeness (QED) is 0.541. The summed E-state index contributed by atoms with van der Waals surface area (Å²) in [6.07, 6.45) is 0. The summed E-state index contributed by atoms with van der Waals surface area (Å²) in [6, 6.07) is 20.2. The Hall–Kier alpha value is -3.36. The maximum Gasteiger partial charge on any atom is 0.337 e. The van der Waals surface area contributed by atoms with Gasteiger partial charge in [0.2, 0.25) is 5.91 Å². The molecule has 0 unspecified atom stereocenters. The fourth-order valence-corrected chi connectivity index (χ4v) is 4.56. The number of carbonyl (C=O) groups excluding carboxylic acids is 2.